The molecular formula is C87H68N4OPt-2. The first-order valence-corrected chi connectivity index (χ1v) is 29.5. The van der Waals surface area contributed by atoms with Gasteiger partial charge in [-0.3, -0.25) is 4.57 Å². The van der Waals surface area contributed by atoms with Gasteiger partial charge in [-0.2, -0.15) is 18.2 Å². The molecule has 0 radical (unpaired) electrons. The molecule has 3 aromatic heterocycles. The van der Waals surface area contributed by atoms with Crippen LogP contribution in [0.2, 0.25) is 0 Å². The standard InChI is InChI=1S/C87H68N4O.Pt/c1-58-46-84(88-56-79(58)63-30-18-11-19-31-63)91-80-37-21-20-36-75(80)76-44-43-74(55-82(76)91)92-73-35-23-34-72(54-73)89-57-90(81-45-40-64(53-83(81)89)62-38-41-70(42-39-62)86(2,3)4)85-77(65-32-22-33-71(50-65)87(5,6)7)51-68(61-28-16-10-17-29-61)52-78(85)69-48-66(59-24-12-8-13-25-59)47-67(49-69)60-26-14-9-15-27-60;/h8-53,56H,1-7H3;/q-2;/i1D3,8D,9D,10D,11D,12D,13D,14D,15D,16D,17D,18D,19D,24D,25D,26D,27D,28D,29D,30D,31D,47D,48D,49D;. The number of benzene rings is 12. The number of aromatic nitrogens is 4. The van der Waals surface area contributed by atoms with E-state index in [4.69, 9.17) is 33.0 Å². The van der Waals surface area contributed by atoms with Crippen LogP contribution in [0.25, 0.3) is 128 Å². The van der Waals surface area contributed by atoms with Crippen molar-refractivity contribution in [2.45, 2.75) is 59.2 Å². The van der Waals surface area contributed by atoms with Crippen LogP contribution in [0.3, 0.4) is 0 Å². The molecule has 0 saturated carbocycles. The van der Waals surface area contributed by atoms with E-state index in [-0.39, 0.29) is 94.1 Å². The number of hydrogen-bond acceptors (Lipinski definition) is 2. The summed E-state index contributed by atoms with van der Waals surface area (Å²) in [7, 11) is 0. The summed E-state index contributed by atoms with van der Waals surface area (Å²) in [6.07, 6.45) is 4.76. The second-order valence-electron chi connectivity index (χ2n) is 24.1. The average molecular weight is 1410 g/mol. The summed E-state index contributed by atoms with van der Waals surface area (Å²) in [5.41, 5.74) is -0.0365. The number of nitrogens with zero attached hydrogens (tertiary/aromatic N) is 4. The maximum absolute atomic E-state index is 10.7. The monoisotopic (exact) mass is 1410 g/mol. The van der Waals surface area contributed by atoms with Crippen LogP contribution in [0.1, 0.15) is 93.9 Å². The SMILES string of the molecule is [2H]c1c([2H])c([2H])c(-c2cc(-c3cccc(C(C)(C)C)c3)c(-[n+]3[c-]n(-c4[c-]c(Oc5[c-]c6c(cc5)c5ccccc5n6-c5cc(C([2H])([2H])[2H])c(-c6c([2H])c([2H])c([2H])c([2H])c6[2H])cn5)ccc4)c4cc(-c5ccc(C(C)(C)C)cc5)ccc43)c(-c3c([2H])c(-c4c([2H])c([2H])c([2H])c([2H])c4[2H])c([2H])c(-c4c([2H])c([2H])c([2H])c([2H])c4[2H])c3[2H])c2)c([2H])c1[2H].[Pt]. The van der Waals surface area contributed by atoms with Gasteiger partial charge >= 0.3 is 0 Å². The Labute approximate surface area is 596 Å². The van der Waals surface area contributed by atoms with Crippen LogP contribution in [0, 0.1) is 25.3 Å². The minimum absolute atomic E-state index is 0. The van der Waals surface area contributed by atoms with Crippen LogP contribution in [0.5, 0.6) is 11.5 Å². The van der Waals surface area contributed by atoms with Gasteiger partial charge in [-0.15, -0.1) is 29.7 Å². The molecule has 3 heterocycles. The molecule has 0 fully saturated rings. The van der Waals surface area contributed by atoms with Crippen molar-refractivity contribution in [2.24, 2.45) is 0 Å². The third-order valence-electron chi connectivity index (χ3n) is 16.1. The number of fused-ring (bicyclic) bond motifs is 4. The van der Waals surface area contributed by atoms with Gasteiger partial charge in [0, 0.05) is 54.0 Å². The van der Waals surface area contributed by atoms with Crippen LogP contribution in [-0.2, 0) is 31.9 Å². The molecule has 15 rings (SSSR count). The van der Waals surface area contributed by atoms with Gasteiger partial charge in [-0.1, -0.05) is 247 Å². The van der Waals surface area contributed by atoms with Gasteiger partial charge in [0.05, 0.1) is 48.2 Å². The van der Waals surface area contributed by atoms with Crippen LogP contribution < -0.4 is 9.30 Å². The van der Waals surface area contributed by atoms with E-state index in [1.54, 1.807) is 80.4 Å². The molecule has 0 spiro atoms. The molecule has 0 amide bonds. The van der Waals surface area contributed by atoms with Crippen molar-refractivity contribution in [3.05, 3.63) is 320 Å². The molecule has 0 aliphatic carbocycles. The van der Waals surface area contributed by atoms with Crippen LogP contribution in [-0.4, -0.2) is 14.1 Å². The molecule has 0 unspecified atom stereocenters. The first kappa shape index (κ1) is 37.2. The summed E-state index contributed by atoms with van der Waals surface area (Å²) < 4.78 is 249. The fourth-order valence-corrected chi connectivity index (χ4v) is 11.4. The molecule has 0 N–H and O–H groups in total. The Hall–Kier alpha value is -10.5. The van der Waals surface area contributed by atoms with E-state index in [2.05, 4.69) is 39.2 Å². The molecule has 93 heavy (non-hydrogen) atoms. The van der Waals surface area contributed by atoms with Gasteiger partial charge in [-0.25, -0.2) is 4.98 Å². The van der Waals surface area contributed by atoms with Crippen LogP contribution in [0.15, 0.2) is 285 Å². The van der Waals surface area contributed by atoms with Crippen LogP contribution in [0.4, 0.5) is 0 Å². The van der Waals surface area contributed by atoms with E-state index in [0.717, 1.165) is 16.7 Å². The number of pyridine rings is 1. The molecule has 0 bridgehead atoms. The molecule has 0 atom stereocenters. The maximum atomic E-state index is 10.7. The van der Waals surface area contributed by atoms with Crippen molar-refractivity contribution in [2.75, 3.05) is 0 Å². The van der Waals surface area contributed by atoms with Gasteiger partial charge in [-0.05, 0) is 166 Å². The quantitative estimate of drug-likeness (QED) is 0.0903. The van der Waals surface area contributed by atoms with Gasteiger partial charge in [0.2, 0.25) is 0 Å². The Morgan fingerprint density at radius 1 is 0.452 bits per heavy atom. The van der Waals surface area contributed by atoms with Crippen molar-refractivity contribution >= 4 is 32.8 Å². The second kappa shape index (κ2) is 24.6. The smallest absolute Gasteiger partial charge is 0.268 e. The summed E-state index contributed by atoms with van der Waals surface area (Å²) in [6.45, 7) is 9.32. The molecule has 12 aromatic carbocycles. The van der Waals surface area contributed by atoms with Gasteiger partial charge in [0.25, 0.3) is 6.33 Å². The molecular weight excluding hydrogens is 1310 g/mol. The summed E-state index contributed by atoms with van der Waals surface area (Å²) in [5, 5.41) is 1.35. The number of rotatable bonds is 12. The van der Waals surface area contributed by atoms with E-state index in [0.29, 0.717) is 44.0 Å². The van der Waals surface area contributed by atoms with Gasteiger partial charge < -0.3 is 13.9 Å². The third-order valence-corrected chi connectivity index (χ3v) is 16.1. The van der Waals surface area contributed by atoms with Gasteiger partial charge in [0.1, 0.15) is 5.82 Å². The molecule has 5 nitrogen and oxygen atoms in total. The zero-order valence-electron chi connectivity index (χ0n) is 76.9. The van der Waals surface area contributed by atoms with E-state index in [1.165, 1.54) is 18.3 Å². The van der Waals surface area contributed by atoms with Crippen LogP contribution >= 0.6 is 0 Å². The zero-order chi connectivity index (χ0) is 85.2. The number of imidazole rings is 1. The number of para-hydroxylation sites is 1. The normalized spacial score (nSPS) is 15.8. The molecule has 15 aromatic rings. The van der Waals surface area contributed by atoms with Crippen molar-refractivity contribution < 1.29 is 66.0 Å². The number of aryl methyl sites for hydroxylation is 1. The second-order valence-corrected chi connectivity index (χ2v) is 24.1. The van der Waals surface area contributed by atoms with E-state index >= 15 is 0 Å². The van der Waals surface area contributed by atoms with E-state index in [1.807, 2.05) is 81.4 Å². The summed E-state index contributed by atoms with van der Waals surface area (Å²) >= 11 is 0. The summed E-state index contributed by atoms with van der Waals surface area (Å²) in [4.78, 5) is 4.73. The number of ether oxygens (including phenoxy) is 1. The first-order chi connectivity index (χ1) is 55.5. The van der Waals surface area contributed by atoms with E-state index < -0.39 is 179 Å². The molecule has 454 valence electrons. The Morgan fingerprint density at radius 2 is 1.04 bits per heavy atom. The average Bonchev–Trinajstić information content (AvgIpc) is 1.62. The Kier molecular flexibility index (Phi) is 9.84. The topological polar surface area (TPSA) is 35.9 Å². The third kappa shape index (κ3) is 11.8. The van der Waals surface area contributed by atoms with Crippen molar-refractivity contribution in [1.29, 1.82) is 0 Å². The minimum Gasteiger partial charge on any atom is -0.510 e. The van der Waals surface area contributed by atoms with Crippen molar-refractivity contribution in [3.8, 4) is 107 Å². The van der Waals surface area contributed by atoms with Crippen molar-refractivity contribution in [1.82, 2.24) is 14.1 Å². The molecule has 0 saturated heterocycles. The molecule has 6 heteroatoms. The van der Waals surface area contributed by atoms with Crippen molar-refractivity contribution in [3.63, 3.8) is 0 Å². The molecule has 0 aliphatic heterocycles. The molecule has 0 aliphatic rings. The first-order valence-electron chi connectivity index (χ1n) is 42.5. The summed E-state index contributed by atoms with van der Waals surface area (Å²) in [6, 6.07) is 29.5. The number of hydrogen-bond donors (Lipinski definition) is 0. The largest absolute Gasteiger partial charge is 0.510 e. The Balaban J connectivity index is 0.0000116. The Bertz CT molecular complexity index is 6630. The Morgan fingerprint density at radius 3 is 1.70 bits per heavy atom. The maximum Gasteiger partial charge on any atom is 0.268 e. The summed E-state index contributed by atoms with van der Waals surface area (Å²) in [5.74, 6) is 0.312. The predicted molar refractivity (Wildman–Crippen MR) is 380 cm³/mol. The van der Waals surface area contributed by atoms with E-state index in [9.17, 15) is 12.3 Å². The fraction of sp³-hybridized carbons (Fsp3) is 0.103. The fourth-order valence-electron chi connectivity index (χ4n) is 11.4. The predicted octanol–water partition coefficient (Wildman–Crippen LogP) is 22.2. The van der Waals surface area contributed by atoms with Gasteiger partial charge in [0.15, 0.2) is 0 Å². The minimum atomic E-state index is -2.90. The zero-order valence-corrected chi connectivity index (χ0v) is 53.1.